The van der Waals surface area contributed by atoms with E-state index in [1.165, 1.54) is 44.3 Å². The maximum atomic E-state index is 10.3. The van der Waals surface area contributed by atoms with Crippen molar-refractivity contribution in [3.05, 3.63) is 35.9 Å². The zero-order valence-electron chi connectivity index (χ0n) is 15.2. The van der Waals surface area contributed by atoms with Crippen LogP contribution in [0.5, 0.6) is 0 Å². The van der Waals surface area contributed by atoms with Crippen molar-refractivity contribution < 1.29 is 5.11 Å². The van der Waals surface area contributed by atoms with Gasteiger partial charge in [0.05, 0.1) is 11.6 Å². The maximum absolute atomic E-state index is 10.3. The molecule has 1 spiro atoms. The lowest BCUT2D eigenvalue weighted by molar-refractivity contribution is -0.127. The molecule has 3 heterocycles. The molecule has 0 radical (unpaired) electrons. The first-order chi connectivity index (χ1) is 12.2. The number of nitrogens with zero attached hydrogens (tertiary/aromatic N) is 3. The molecule has 4 fully saturated rings. The average Bonchev–Trinajstić information content (AvgIpc) is 3.21. The fourth-order valence-corrected chi connectivity index (χ4v) is 6.00. The summed E-state index contributed by atoms with van der Waals surface area (Å²) in [6.45, 7) is 6.64. The zero-order valence-corrected chi connectivity index (χ0v) is 15.2. The number of β-amino-alcohol motifs (C(OH)–C–C–N with tert-alkyl or cyclic N) is 1. The fourth-order valence-electron chi connectivity index (χ4n) is 6.00. The van der Waals surface area contributed by atoms with E-state index < -0.39 is 0 Å². The van der Waals surface area contributed by atoms with E-state index in [0.717, 1.165) is 38.6 Å². The van der Waals surface area contributed by atoms with Gasteiger partial charge in [0.2, 0.25) is 0 Å². The van der Waals surface area contributed by atoms with Crippen molar-refractivity contribution in [2.75, 3.05) is 32.7 Å². The van der Waals surface area contributed by atoms with Crippen molar-refractivity contribution in [2.24, 2.45) is 0 Å². The topological polar surface area (TPSA) is 30.0 Å². The van der Waals surface area contributed by atoms with Gasteiger partial charge in [-0.15, -0.1) is 0 Å². The summed E-state index contributed by atoms with van der Waals surface area (Å²) in [6.07, 6.45) is 6.46. The molecule has 4 heteroatoms. The summed E-state index contributed by atoms with van der Waals surface area (Å²) in [5, 5.41) is 10.3. The summed E-state index contributed by atoms with van der Waals surface area (Å²) < 4.78 is 0. The van der Waals surface area contributed by atoms with E-state index in [0.29, 0.717) is 6.04 Å². The van der Waals surface area contributed by atoms with Gasteiger partial charge in [-0.05, 0) is 24.8 Å². The van der Waals surface area contributed by atoms with Crippen molar-refractivity contribution in [1.29, 1.82) is 0 Å². The van der Waals surface area contributed by atoms with E-state index in [-0.39, 0.29) is 11.6 Å². The van der Waals surface area contributed by atoms with E-state index in [1.807, 2.05) is 0 Å². The van der Waals surface area contributed by atoms with Crippen LogP contribution in [0.15, 0.2) is 30.3 Å². The second-order valence-corrected chi connectivity index (χ2v) is 8.92. The molecule has 0 amide bonds. The van der Waals surface area contributed by atoms with Crippen LogP contribution in [0.25, 0.3) is 0 Å². The summed E-state index contributed by atoms with van der Waals surface area (Å²) >= 11 is 0. The predicted octanol–water partition coefficient (Wildman–Crippen LogP) is 1.93. The van der Waals surface area contributed by atoms with E-state index in [2.05, 4.69) is 45.0 Å². The van der Waals surface area contributed by atoms with Gasteiger partial charge in [-0.3, -0.25) is 14.7 Å². The van der Waals surface area contributed by atoms with Crippen molar-refractivity contribution in [1.82, 2.24) is 14.7 Å². The van der Waals surface area contributed by atoms with Gasteiger partial charge in [-0.25, -0.2) is 0 Å². The molecule has 0 aromatic heterocycles. The summed E-state index contributed by atoms with van der Waals surface area (Å²) in [7, 11) is 0. The number of piperazine rings is 1. The minimum atomic E-state index is -0.126. The van der Waals surface area contributed by atoms with Crippen molar-refractivity contribution in [3.8, 4) is 0 Å². The second kappa shape index (κ2) is 6.34. The number of aliphatic hydroxyl groups excluding tert-OH is 1. The van der Waals surface area contributed by atoms with Gasteiger partial charge in [-0.2, -0.15) is 0 Å². The molecular formula is C21H31N3O. The number of hydrogen-bond donors (Lipinski definition) is 1. The van der Waals surface area contributed by atoms with Gasteiger partial charge in [-0.1, -0.05) is 43.2 Å². The molecule has 3 saturated heterocycles. The summed E-state index contributed by atoms with van der Waals surface area (Å²) in [5.74, 6) is 0. The molecule has 1 aromatic carbocycles. The Morgan fingerprint density at radius 1 is 0.960 bits per heavy atom. The standard InChI is InChI=1S/C21H31N3O/c25-20-10-19-12-22(11-17-6-2-1-3-7-17)14-21(24(19)13-20)15-23(16-21)18-8-4-5-9-18/h1-3,6-7,18-20,25H,4-5,8-16H2/t19-,20-/m1/s1. The number of fused-ring (bicyclic) bond motifs is 2. The Morgan fingerprint density at radius 3 is 2.48 bits per heavy atom. The number of aliphatic hydroxyl groups is 1. The molecule has 3 aliphatic heterocycles. The molecule has 0 unspecified atom stereocenters. The summed E-state index contributed by atoms with van der Waals surface area (Å²) in [6, 6.07) is 12.3. The van der Waals surface area contributed by atoms with Crippen LogP contribution >= 0.6 is 0 Å². The Hall–Kier alpha value is -0.940. The molecule has 4 aliphatic rings. The van der Waals surface area contributed by atoms with Crippen LogP contribution in [0.4, 0.5) is 0 Å². The highest BCUT2D eigenvalue weighted by molar-refractivity contribution is 5.18. The van der Waals surface area contributed by atoms with E-state index >= 15 is 0 Å². The summed E-state index contributed by atoms with van der Waals surface area (Å²) in [5.41, 5.74) is 1.70. The monoisotopic (exact) mass is 341 g/mol. The van der Waals surface area contributed by atoms with E-state index in [9.17, 15) is 5.11 Å². The van der Waals surface area contributed by atoms with Crippen LogP contribution in [0.1, 0.15) is 37.7 Å². The number of hydrogen-bond acceptors (Lipinski definition) is 4. The molecule has 25 heavy (non-hydrogen) atoms. The van der Waals surface area contributed by atoms with Crippen molar-refractivity contribution >= 4 is 0 Å². The molecular weight excluding hydrogens is 310 g/mol. The highest BCUT2D eigenvalue weighted by Crippen LogP contribution is 2.41. The Balaban J connectivity index is 1.32. The Labute approximate surface area is 151 Å². The summed E-state index contributed by atoms with van der Waals surface area (Å²) in [4.78, 5) is 8.08. The minimum absolute atomic E-state index is 0.126. The first kappa shape index (κ1) is 16.2. The first-order valence-electron chi connectivity index (χ1n) is 10.2. The molecule has 136 valence electrons. The van der Waals surface area contributed by atoms with Gasteiger partial charge in [0.15, 0.2) is 0 Å². The molecule has 2 atom stereocenters. The van der Waals surface area contributed by atoms with Crippen LogP contribution in [0.2, 0.25) is 0 Å². The molecule has 1 aromatic rings. The third kappa shape index (κ3) is 2.93. The minimum Gasteiger partial charge on any atom is -0.392 e. The predicted molar refractivity (Wildman–Crippen MR) is 99.4 cm³/mol. The van der Waals surface area contributed by atoms with Gasteiger partial charge < -0.3 is 5.11 Å². The lowest BCUT2D eigenvalue weighted by Gasteiger charge is -2.62. The highest BCUT2D eigenvalue weighted by atomic mass is 16.3. The molecule has 1 aliphatic carbocycles. The lowest BCUT2D eigenvalue weighted by atomic mass is 9.82. The van der Waals surface area contributed by atoms with Crippen LogP contribution in [0, 0.1) is 0 Å². The Kier molecular flexibility index (Phi) is 4.12. The molecule has 1 saturated carbocycles. The van der Waals surface area contributed by atoms with Crippen molar-refractivity contribution in [2.45, 2.75) is 62.4 Å². The second-order valence-electron chi connectivity index (χ2n) is 8.92. The largest absolute Gasteiger partial charge is 0.392 e. The smallest absolute Gasteiger partial charge is 0.0682 e. The average molecular weight is 341 g/mol. The SMILES string of the molecule is O[C@@H]1C[C@@H]2CN(Cc3ccccc3)CC3(CN(C4CCCC4)C3)N2C1. The van der Waals surface area contributed by atoms with Crippen LogP contribution < -0.4 is 0 Å². The molecule has 0 bridgehead atoms. The normalized spacial score (nSPS) is 33.6. The number of rotatable bonds is 3. The highest BCUT2D eigenvalue weighted by Gasteiger charge is 2.56. The lowest BCUT2D eigenvalue weighted by Crippen LogP contribution is -2.78. The molecule has 5 rings (SSSR count). The molecule has 4 nitrogen and oxygen atoms in total. The Morgan fingerprint density at radius 2 is 1.72 bits per heavy atom. The van der Waals surface area contributed by atoms with Gasteiger partial charge in [0.1, 0.15) is 0 Å². The zero-order chi connectivity index (χ0) is 16.9. The molecule has 1 N–H and O–H groups in total. The van der Waals surface area contributed by atoms with Crippen molar-refractivity contribution in [3.63, 3.8) is 0 Å². The van der Waals surface area contributed by atoms with E-state index in [4.69, 9.17) is 0 Å². The number of likely N-dealkylation sites (tertiary alicyclic amines) is 1. The Bertz CT molecular complexity index is 594. The van der Waals surface area contributed by atoms with Gasteiger partial charge in [0, 0.05) is 51.4 Å². The number of benzene rings is 1. The first-order valence-corrected chi connectivity index (χ1v) is 10.2. The van der Waals surface area contributed by atoms with E-state index in [1.54, 1.807) is 0 Å². The van der Waals surface area contributed by atoms with Gasteiger partial charge >= 0.3 is 0 Å². The van der Waals surface area contributed by atoms with Crippen LogP contribution in [-0.2, 0) is 6.54 Å². The third-order valence-corrected chi connectivity index (χ3v) is 7.07. The quantitative estimate of drug-likeness (QED) is 0.910. The van der Waals surface area contributed by atoms with Crippen LogP contribution in [0.3, 0.4) is 0 Å². The van der Waals surface area contributed by atoms with Gasteiger partial charge in [0.25, 0.3) is 0 Å². The van der Waals surface area contributed by atoms with Crippen LogP contribution in [-0.4, -0.2) is 76.3 Å². The fraction of sp³-hybridized carbons (Fsp3) is 0.714. The third-order valence-electron chi connectivity index (χ3n) is 7.07. The maximum Gasteiger partial charge on any atom is 0.0682 e.